The quantitative estimate of drug-likeness (QED) is 0.851. The summed E-state index contributed by atoms with van der Waals surface area (Å²) in [7, 11) is 0. The van der Waals surface area contributed by atoms with E-state index in [9.17, 15) is 4.39 Å². The third-order valence-corrected chi connectivity index (χ3v) is 3.26. The summed E-state index contributed by atoms with van der Waals surface area (Å²) in [5, 5.41) is 0. The maximum absolute atomic E-state index is 13.6. The predicted molar refractivity (Wildman–Crippen MR) is 77.8 cm³/mol. The van der Waals surface area contributed by atoms with Gasteiger partial charge in [-0.15, -0.1) is 0 Å². The van der Waals surface area contributed by atoms with Crippen LogP contribution in [0.3, 0.4) is 0 Å². The second-order valence-electron chi connectivity index (χ2n) is 3.88. The van der Waals surface area contributed by atoms with E-state index in [1.807, 2.05) is 24.3 Å². The number of hydrogen-bond acceptors (Lipinski definition) is 2. The topological polar surface area (TPSA) is 35.2 Å². The fourth-order valence-electron chi connectivity index (χ4n) is 1.53. The van der Waals surface area contributed by atoms with Gasteiger partial charge in [0.2, 0.25) is 0 Å². The molecule has 0 saturated heterocycles. The van der Waals surface area contributed by atoms with E-state index in [2.05, 4.69) is 22.6 Å². The first-order valence-corrected chi connectivity index (χ1v) is 6.62. The molecule has 0 aromatic heterocycles. The maximum Gasteiger partial charge on any atom is 0.165 e. The summed E-state index contributed by atoms with van der Waals surface area (Å²) in [6.45, 7) is 0.685. The van der Waals surface area contributed by atoms with Gasteiger partial charge in [-0.2, -0.15) is 0 Å². The normalized spacial score (nSPS) is 10.4. The van der Waals surface area contributed by atoms with Crippen LogP contribution in [-0.4, -0.2) is 0 Å². The summed E-state index contributed by atoms with van der Waals surface area (Å²) < 4.78 is 20.2. The van der Waals surface area contributed by atoms with E-state index in [0.717, 1.165) is 14.7 Å². The van der Waals surface area contributed by atoms with Gasteiger partial charge < -0.3 is 10.5 Å². The van der Waals surface area contributed by atoms with Gasteiger partial charge >= 0.3 is 0 Å². The highest BCUT2D eigenvalue weighted by atomic mass is 127. The molecule has 2 aromatic carbocycles. The van der Waals surface area contributed by atoms with Crippen LogP contribution in [0.4, 0.5) is 4.39 Å². The van der Waals surface area contributed by atoms with Crippen molar-refractivity contribution in [2.24, 2.45) is 5.73 Å². The molecule has 0 atom stereocenters. The van der Waals surface area contributed by atoms with E-state index in [4.69, 9.17) is 10.5 Å². The minimum Gasteiger partial charge on any atom is -0.486 e. The van der Waals surface area contributed by atoms with E-state index in [1.54, 1.807) is 12.1 Å². The SMILES string of the molecule is NCc1ccc(OCc2ccc(I)cc2)c(F)c1. The molecule has 0 aliphatic rings. The van der Waals surface area contributed by atoms with Crippen molar-refractivity contribution in [1.29, 1.82) is 0 Å². The van der Waals surface area contributed by atoms with E-state index in [1.165, 1.54) is 6.07 Å². The van der Waals surface area contributed by atoms with Crippen molar-refractivity contribution >= 4 is 22.6 Å². The lowest BCUT2D eigenvalue weighted by Gasteiger charge is -2.08. The molecule has 0 saturated carbocycles. The Hall–Kier alpha value is -1.14. The summed E-state index contributed by atoms with van der Waals surface area (Å²) in [5.74, 6) is -0.116. The van der Waals surface area contributed by atoms with Crippen LogP contribution < -0.4 is 10.5 Å². The van der Waals surface area contributed by atoms with E-state index in [-0.39, 0.29) is 11.6 Å². The van der Waals surface area contributed by atoms with Gasteiger partial charge in [0.25, 0.3) is 0 Å². The molecule has 0 unspecified atom stereocenters. The second-order valence-corrected chi connectivity index (χ2v) is 5.13. The zero-order chi connectivity index (χ0) is 13.0. The zero-order valence-corrected chi connectivity index (χ0v) is 11.9. The highest BCUT2D eigenvalue weighted by Crippen LogP contribution is 2.19. The van der Waals surface area contributed by atoms with E-state index >= 15 is 0 Å². The Balaban J connectivity index is 2.04. The number of halogens is 2. The Kier molecular flexibility index (Phi) is 4.54. The molecule has 18 heavy (non-hydrogen) atoms. The number of rotatable bonds is 4. The molecule has 0 aliphatic carbocycles. The van der Waals surface area contributed by atoms with Crippen LogP contribution in [0.25, 0.3) is 0 Å². The third kappa shape index (κ3) is 3.43. The fourth-order valence-corrected chi connectivity index (χ4v) is 1.89. The first-order valence-electron chi connectivity index (χ1n) is 5.55. The summed E-state index contributed by atoms with van der Waals surface area (Å²) >= 11 is 2.24. The van der Waals surface area contributed by atoms with Gasteiger partial charge in [-0.3, -0.25) is 0 Å². The lowest BCUT2D eigenvalue weighted by Crippen LogP contribution is -2.00. The minimum atomic E-state index is -0.372. The van der Waals surface area contributed by atoms with Crippen LogP contribution in [0.1, 0.15) is 11.1 Å². The van der Waals surface area contributed by atoms with Gasteiger partial charge in [0.15, 0.2) is 11.6 Å². The molecule has 0 bridgehead atoms. The highest BCUT2D eigenvalue weighted by molar-refractivity contribution is 14.1. The molecule has 0 spiro atoms. The molecule has 4 heteroatoms. The molecular weight excluding hydrogens is 344 g/mol. The van der Waals surface area contributed by atoms with Crippen LogP contribution in [0.5, 0.6) is 5.75 Å². The molecule has 2 nitrogen and oxygen atoms in total. The van der Waals surface area contributed by atoms with Gasteiger partial charge in [-0.25, -0.2) is 4.39 Å². The molecule has 0 fully saturated rings. The molecule has 0 heterocycles. The average Bonchev–Trinajstić information content (AvgIpc) is 2.39. The molecule has 2 N–H and O–H groups in total. The summed E-state index contributed by atoms with van der Waals surface area (Å²) in [6, 6.07) is 12.7. The maximum atomic E-state index is 13.6. The summed E-state index contributed by atoms with van der Waals surface area (Å²) in [5.41, 5.74) is 7.21. The van der Waals surface area contributed by atoms with Crippen molar-refractivity contribution < 1.29 is 9.13 Å². The Morgan fingerprint density at radius 2 is 1.72 bits per heavy atom. The summed E-state index contributed by atoms with van der Waals surface area (Å²) in [6.07, 6.45) is 0. The van der Waals surface area contributed by atoms with Crippen molar-refractivity contribution in [3.05, 3.63) is 63.0 Å². The molecule has 94 valence electrons. The molecule has 0 radical (unpaired) electrons. The number of ether oxygens (including phenoxy) is 1. The Bertz CT molecular complexity index is 528. The van der Waals surface area contributed by atoms with Crippen molar-refractivity contribution in [1.82, 2.24) is 0 Å². The number of hydrogen-bond donors (Lipinski definition) is 1. The lowest BCUT2D eigenvalue weighted by molar-refractivity contribution is 0.290. The largest absolute Gasteiger partial charge is 0.486 e. The van der Waals surface area contributed by atoms with Gasteiger partial charge in [0.05, 0.1) is 0 Å². The number of benzene rings is 2. The van der Waals surface area contributed by atoms with Crippen molar-refractivity contribution in [2.45, 2.75) is 13.2 Å². The summed E-state index contributed by atoms with van der Waals surface area (Å²) in [4.78, 5) is 0. The first kappa shape index (κ1) is 13.3. The monoisotopic (exact) mass is 357 g/mol. The Labute approximate surface area is 119 Å². The first-order chi connectivity index (χ1) is 8.69. The second kappa shape index (κ2) is 6.15. The van der Waals surface area contributed by atoms with Gasteiger partial charge in [0, 0.05) is 10.1 Å². The van der Waals surface area contributed by atoms with E-state index in [0.29, 0.717) is 13.2 Å². The molecule has 2 rings (SSSR count). The third-order valence-electron chi connectivity index (χ3n) is 2.54. The van der Waals surface area contributed by atoms with Gasteiger partial charge in [0.1, 0.15) is 6.61 Å². The van der Waals surface area contributed by atoms with Crippen molar-refractivity contribution in [3.8, 4) is 5.75 Å². The van der Waals surface area contributed by atoms with E-state index < -0.39 is 0 Å². The van der Waals surface area contributed by atoms with Crippen LogP contribution in [-0.2, 0) is 13.2 Å². The molecule has 0 aliphatic heterocycles. The Morgan fingerprint density at radius 1 is 1.06 bits per heavy atom. The van der Waals surface area contributed by atoms with Crippen molar-refractivity contribution in [3.63, 3.8) is 0 Å². The minimum absolute atomic E-state index is 0.255. The number of nitrogens with two attached hydrogens (primary N) is 1. The Morgan fingerprint density at radius 3 is 2.33 bits per heavy atom. The lowest BCUT2D eigenvalue weighted by atomic mass is 10.2. The van der Waals surface area contributed by atoms with Gasteiger partial charge in [-0.05, 0) is 58.0 Å². The predicted octanol–water partition coefficient (Wildman–Crippen LogP) is 3.47. The molecule has 2 aromatic rings. The van der Waals surface area contributed by atoms with Gasteiger partial charge in [-0.1, -0.05) is 18.2 Å². The zero-order valence-electron chi connectivity index (χ0n) is 9.70. The van der Waals surface area contributed by atoms with Crippen LogP contribution in [0.2, 0.25) is 0 Å². The molecular formula is C14H13FINO. The fraction of sp³-hybridized carbons (Fsp3) is 0.143. The highest BCUT2D eigenvalue weighted by Gasteiger charge is 2.04. The smallest absolute Gasteiger partial charge is 0.165 e. The average molecular weight is 357 g/mol. The van der Waals surface area contributed by atoms with Crippen LogP contribution >= 0.6 is 22.6 Å². The van der Waals surface area contributed by atoms with Crippen LogP contribution in [0.15, 0.2) is 42.5 Å². The standard InChI is InChI=1S/C14H13FINO/c15-13-7-11(8-17)3-6-14(13)18-9-10-1-4-12(16)5-2-10/h1-7H,8-9,17H2. The molecule has 0 amide bonds. The van der Waals surface area contributed by atoms with Crippen molar-refractivity contribution in [2.75, 3.05) is 0 Å². The van der Waals surface area contributed by atoms with Crippen LogP contribution in [0, 0.1) is 9.39 Å².